The third-order valence-corrected chi connectivity index (χ3v) is 3.69. The van der Waals surface area contributed by atoms with Crippen molar-refractivity contribution in [3.05, 3.63) is 16.1 Å². The van der Waals surface area contributed by atoms with E-state index in [1.54, 1.807) is 11.3 Å². The molecule has 78 valence electrons. The number of thiazole rings is 1. The van der Waals surface area contributed by atoms with Gasteiger partial charge < -0.3 is 5.73 Å². The third kappa shape index (κ3) is 2.15. The van der Waals surface area contributed by atoms with Crippen molar-refractivity contribution in [3.63, 3.8) is 0 Å². The highest BCUT2D eigenvalue weighted by Gasteiger charge is 2.42. The van der Waals surface area contributed by atoms with Gasteiger partial charge >= 0.3 is 0 Å². The second-order valence-electron chi connectivity index (χ2n) is 4.72. The van der Waals surface area contributed by atoms with Crippen molar-refractivity contribution in [1.82, 2.24) is 4.98 Å². The van der Waals surface area contributed by atoms with Crippen LogP contribution in [0.3, 0.4) is 0 Å². The molecule has 0 saturated heterocycles. The number of nitrogens with two attached hydrogens (primary N) is 1. The summed E-state index contributed by atoms with van der Waals surface area (Å²) in [6.45, 7) is 4.50. The van der Waals surface area contributed by atoms with Crippen LogP contribution in [0.4, 0.5) is 0 Å². The van der Waals surface area contributed by atoms with E-state index in [0.29, 0.717) is 0 Å². The highest BCUT2D eigenvalue weighted by molar-refractivity contribution is 7.09. The van der Waals surface area contributed by atoms with Crippen molar-refractivity contribution < 1.29 is 0 Å². The smallest absolute Gasteiger partial charge is 0.0929 e. The van der Waals surface area contributed by atoms with Crippen LogP contribution in [0.25, 0.3) is 0 Å². The molecule has 0 aromatic carbocycles. The quantitative estimate of drug-likeness (QED) is 0.830. The lowest BCUT2D eigenvalue weighted by Crippen LogP contribution is -2.19. The van der Waals surface area contributed by atoms with Gasteiger partial charge in [0.15, 0.2) is 0 Å². The maximum atomic E-state index is 6.08. The van der Waals surface area contributed by atoms with Gasteiger partial charge in [0, 0.05) is 5.38 Å². The van der Waals surface area contributed by atoms with Gasteiger partial charge in [0.1, 0.15) is 0 Å². The van der Waals surface area contributed by atoms with E-state index in [1.807, 2.05) is 0 Å². The van der Waals surface area contributed by atoms with E-state index in [4.69, 9.17) is 5.73 Å². The molecule has 0 unspecified atom stereocenters. The first-order valence-electron chi connectivity index (χ1n) is 5.34. The average molecular weight is 210 g/mol. The van der Waals surface area contributed by atoms with E-state index in [2.05, 4.69) is 24.2 Å². The van der Waals surface area contributed by atoms with Crippen molar-refractivity contribution in [2.45, 2.75) is 45.1 Å². The first-order valence-corrected chi connectivity index (χ1v) is 6.22. The summed E-state index contributed by atoms with van der Waals surface area (Å²) >= 11 is 1.77. The Bertz CT molecular complexity index is 313. The van der Waals surface area contributed by atoms with Crippen LogP contribution in [-0.4, -0.2) is 4.98 Å². The predicted molar refractivity (Wildman–Crippen MR) is 60.4 cm³/mol. The molecular weight excluding hydrogens is 192 g/mol. The zero-order valence-corrected chi connectivity index (χ0v) is 9.73. The Morgan fingerprint density at radius 1 is 1.57 bits per heavy atom. The van der Waals surface area contributed by atoms with E-state index in [9.17, 15) is 0 Å². The topological polar surface area (TPSA) is 38.9 Å². The number of aromatic nitrogens is 1. The van der Waals surface area contributed by atoms with Gasteiger partial charge in [0.05, 0.1) is 16.2 Å². The molecule has 0 spiro atoms. The van der Waals surface area contributed by atoms with Gasteiger partial charge in [-0.25, -0.2) is 4.98 Å². The lowest BCUT2D eigenvalue weighted by Gasteiger charge is -2.03. The fourth-order valence-corrected chi connectivity index (χ4v) is 2.38. The van der Waals surface area contributed by atoms with Gasteiger partial charge in [0.2, 0.25) is 0 Å². The Morgan fingerprint density at radius 3 is 2.86 bits per heavy atom. The Balaban J connectivity index is 1.96. The molecule has 0 amide bonds. The molecule has 1 aliphatic carbocycles. The van der Waals surface area contributed by atoms with E-state index in [0.717, 1.165) is 30.9 Å². The third-order valence-electron chi connectivity index (χ3n) is 2.79. The summed E-state index contributed by atoms with van der Waals surface area (Å²) in [5.41, 5.74) is 7.16. The van der Waals surface area contributed by atoms with Crippen molar-refractivity contribution in [1.29, 1.82) is 0 Å². The second kappa shape index (κ2) is 3.63. The minimum atomic E-state index is -0.0490. The number of hydrogen-bond acceptors (Lipinski definition) is 3. The monoisotopic (exact) mass is 210 g/mol. The van der Waals surface area contributed by atoms with Crippen LogP contribution >= 0.6 is 11.3 Å². The Kier molecular flexibility index (Phi) is 2.62. The molecule has 1 heterocycles. The summed E-state index contributed by atoms with van der Waals surface area (Å²) in [7, 11) is 0. The van der Waals surface area contributed by atoms with Crippen LogP contribution in [0, 0.1) is 5.92 Å². The molecular formula is C11H18N2S. The zero-order chi connectivity index (χ0) is 10.2. The minimum absolute atomic E-state index is 0.0490. The van der Waals surface area contributed by atoms with Gasteiger partial charge in [-0.15, -0.1) is 11.3 Å². The summed E-state index contributed by atoms with van der Waals surface area (Å²) < 4.78 is 0. The molecule has 14 heavy (non-hydrogen) atoms. The lowest BCUT2D eigenvalue weighted by atomic mass is 10.1. The molecule has 1 aliphatic rings. The maximum Gasteiger partial charge on any atom is 0.0929 e. The molecule has 1 fully saturated rings. The van der Waals surface area contributed by atoms with Crippen molar-refractivity contribution >= 4 is 11.3 Å². The van der Waals surface area contributed by atoms with Crippen LogP contribution < -0.4 is 5.73 Å². The van der Waals surface area contributed by atoms with Gasteiger partial charge in [-0.1, -0.05) is 13.8 Å². The fourth-order valence-electron chi connectivity index (χ4n) is 1.46. The molecule has 0 radical (unpaired) electrons. The lowest BCUT2D eigenvalue weighted by molar-refractivity contribution is 0.583. The van der Waals surface area contributed by atoms with E-state index < -0.39 is 0 Å². The van der Waals surface area contributed by atoms with Crippen LogP contribution in [0.1, 0.15) is 43.8 Å². The van der Waals surface area contributed by atoms with E-state index in [-0.39, 0.29) is 5.54 Å². The molecule has 2 nitrogen and oxygen atoms in total. The minimum Gasteiger partial charge on any atom is -0.320 e. The van der Waals surface area contributed by atoms with Gasteiger partial charge in [-0.05, 0) is 31.6 Å². The summed E-state index contributed by atoms with van der Waals surface area (Å²) in [6, 6.07) is 0. The Hall–Kier alpha value is -0.410. The number of hydrogen-bond donors (Lipinski definition) is 1. The molecule has 1 aromatic heterocycles. The van der Waals surface area contributed by atoms with Crippen molar-refractivity contribution in [2.75, 3.05) is 0 Å². The second-order valence-corrected chi connectivity index (χ2v) is 5.66. The van der Waals surface area contributed by atoms with Crippen LogP contribution in [-0.2, 0) is 12.0 Å². The van der Waals surface area contributed by atoms with Gasteiger partial charge in [-0.2, -0.15) is 0 Å². The van der Waals surface area contributed by atoms with Gasteiger partial charge in [-0.3, -0.25) is 0 Å². The first kappa shape index (κ1) is 10.1. The first-order chi connectivity index (χ1) is 6.60. The molecule has 2 rings (SSSR count). The molecule has 1 saturated carbocycles. The molecule has 0 bridgehead atoms. The average Bonchev–Trinajstić information content (AvgIpc) is 2.70. The number of nitrogens with zero attached hydrogens (tertiary/aromatic N) is 1. The highest BCUT2D eigenvalue weighted by Crippen LogP contribution is 2.42. The predicted octanol–water partition coefficient (Wildman–Crippen LogP) is 2.68. The molecule has 0 atom stereocenters. The zero-order valence-electron chi connectivity index (χ0n) is 8.92. The summed E-state index contributed by atoms with van der Waals surface area (Å²) in [4.78, 5) is 4.61. The normalized spacial score (nSPS) is 18.9. The van der Waals surface area contributed by atoms with Crippen molar-refractivity contribution in [3.8, 4) is 0 Å². The standard InChI is InChI=1S/C11H18N2S/c1-8(2)3-4-10-13-9(7-14-10)11(12)5-6-11/h7-8H,3-6,12H2,1-2H3. The summed E-state index contributed by atoms with van der Waals surface area (Å²) in [5.74, 6) is 0.759. The maximum absolute atomic E-state index is 6.08. The summed E-state index contributed by atoms with van der Waals surface area (Å²) in [5, 5.41) is 3.40. The Labute approximate surface area is 89.5 Å². The fraction of sp³-hybridized carbons (Fsp3) is 0.727. The number of rotatable bonds is 4. The molecule has 1 aromatic rings. The van der Waals surface area contributed by atoms with E-state index >= 15 is 0 Å². The van der Waals surface area contributed by atoms with Crippen LogP contribution in [0.15, 0.2) is 5.38 Å². The summed E-state index contributed by atoms with van der Waals surface area (Å²) in [6.07, 6.45) is 4.56. The Morgan fingerprint density at radius 2 is 2.29 bits per heavy atom. The number of aryl methyl sites for hydroxylation is 1. The van der Waals surface area contributed by atoms with Crippen molar-refractivity contribution in [2.24, 2.45) is 11.7 Å². The van der Waals surface area contributed by atoms with Gasteiger partial charge in [0.25, 0.3) is 0 Å². The molecule has 0 aliphatic heterocycles. The molecule has 3 heteroatoms. The highest BCUT2D eigenvalue weighted by atomic mass is 32.1. The van der Waals surface area contributed by atoms with Crippen LogP contribution in [0.2, 0.25) is 0 Å². The SMILES string of the molecule is CC(C)CCc1nc(C2(N)CC2)cs1. The largest absolute Gasteiger partial charge is 0.320 e. The van der Waals surface area contributed by atoms with Crippen LogP contribution in [0.5, 0.6) is 0 Å². The van der Waals surface area contributed by atoms with E-state index in [1.165, 1.54) is 11.4 Å². The molecule has 2 N–H and O–H groups in total.